The van der Waals surface area contributed by atoms with Crippen LogP contribution in [0.5, 0.6) is 0 Å². The Bertz CT molecular complexity index is 722. The van der Waals surface area contributed by atoms with Crippen LogP contribution in [0.4, 0.5) is 5.69 Å². The third-order valence-electron chi connectivity index (χ3n) is 5.70. The van der Waals surface area contributed by atoms with Crippen LogP contribution in [0.3, 0.4) is 0 Å². The van der Waals surface area contributed by atoms with Gasteiger partial charge in [-0.2, -0.15) is 0 Å². The van der Waals surface area contributed by atoms with Crippen LogP contribution < -0.4 is 4.90 Å². The number of hydrogen-bond donors (Lipinski definition) is 1. The molecule has 0 unspecified atom stereocenters. The van der Waals surface area contributed by atoms with Crippen molar-refractivity contribution >= 4 is 23.5 Å². The molecular weight excluding hydrogens is 320 g/mol. The molecule has 6 nitrogen and oxygen atoms in total. The first-order chi connectivity index (χ1) is 11.9. The molecule has 134 valence electrons. The number of carboxylic acids is 1. The lowest BCUT2D eigenvalue weighted by atomic mass is 9.80. The van der Waals surface area contributed by atoms with E-state index in [9.17, 15) is 19.5 Å². The number of aliphatic carboxylic acids is 1. The summed E-state index contributed by atoms with van der Waals surface area (Å²) in [6, 6.07) is 5.27. The summed E-state index contributed by atoms with van der Waals surface area (Å²) in [6.45, 7) is 0. The van der Waals surface area contributed by atoms with Crippen molar-refractivity contribution in [3.05, 3.63) is 29.3 Å². The van der Waals surface area contributed by atoms with Crippen molar-refractivity contribution in [2.75, 3.05) is 19.0 Å². The highest BCUT2D eigenvalue weighted by molar-refractivity contribution is 6.00. The van der Waals surface area contributed by atoms with E-state index in [1.54, 1.807) is 37.2 Å². The van der Waals surface area contributed by atoms with Crippen LogP contribution in [0.1, 0.15) is 54.4 Å². The zero-order valence-electron chi connectivity index (χ0n) is 14.7. The lowest BCUT2D eigenvalue weighted by Gasteiger charge is -2.41. The zero-order chi connectivity index (χ0) is 18.2. The molecule has 1 aliphatic carbocycles. The number of rotatable bonds is 3. The summed E-state index contributed by atoms with van der Waals surface area (Å²) >= 11 is 0. The molecule has 0 aromatic heterocycles. The number of nitrogens with zero attached hydrogens (tertiary/aromatic N) is 2. The number of fused-ring (bicyclic) bond motifs is 1. The maximum absolute atomic E-state index is 13.0. The van der Waals surface area contributed by atoms with Crippen molar-refractivity contribution < 1.29 is 19.5 Å². The molecule has 0 spiro atoms. The summed E-state index contributed by atoms with van der Waals surface area (Å²) in [5.74, 6) is -1.13. The van der Waals surface area contributed by atoms with Crippen LogP contribution >= 0.6 is 0 Å². The van der Waals surface area contributed by atoms with Crippen molar-refractivity contribution in [2.24, 2.45) is 0 Å². The second-order valence-corrected chi connectivity index (χ2v) is 7.06. The Balaban J connectivity index is 1.90. The van der Waals surface area contributed by atoms with Crippen molar-refractivity contribution in [1.29, 1.82) is 0 Å². The van der Waals surface area contributed by atoms with E-state index in [0.717, 1.165) is 30.5 Å². The molecule has 2 amide bonds. The topological polar surface area (TPSA) is 77.9 Å². The predicted molar refractivity (Wildman–Crippen MR) is 93.7 cm³/mol. The smallest absolute Gasteiger partial charge is 0.329 e. The van der Waals surface area contributed by atoms with Gasteiger partial charge in [-0.05, 0) is 43.0 Å². The first-order valence-electron chi connectivity index (χ1n) is 8.78. The number of carbonyl (C=O) groups is 3. The molecule has 25 heavy (non-hydrogen) atoms. The molecule has 1 heterocycles. The van der Waals surface area contributed by atoms with E-state index in [0.29, 0.717) is 31.2 Å². The second kappa shape index (κ2) is 6.50. The van der Waals surface area contributed by atoms with E-state index >= 15 is 0 Å². The molecule has 1 fully saturated rings. The number of aryl methyl sites for hydroxylation is 1. The minimum Gasteiger partial charge on any atom is -0.479 e. The minimum atomic E-state index is -1.11. The average molecular weight is 344 g/mol. The van der Waals surface area contributed by atoms with Gasteiger partial charge in [0.1, 0.15) is 5.54 Å². The molecule has 1 aliphatic heterocycles. The number of carboxylic acid groups (broad SMARTS) is 1. The van der Waals surface area contributed by atoms with E-state index in [4.69, 9.17) is 0 Å². The standard InChI is InChI=1S/C19H24N2O4/c1-20-15-8-6-14(12-13(15)7-9-16(20)22)17(23)21(2)19(18(24)25)10-4-3-5-11-19/h6,8,12H,3-5,7,9-11H2,1-2H3,(H,24,25). The van der Waals surface area contributed by atoms with E-state index < -0.39 is 11.5 Å². The number of hydrogen-bond acceptors (Lipinski definition) is 3. The Kier molecular flexibility index (Phi) is 4.54. The van der Waals surface area contributed by atoms with Crippen LogP contribution in [-0.4, -0.2) is 47.4 Å². The molecule has 0 saturated heterocycles. The van der Waals surface area contributed by atoms with E-state index in [1.165, 1.54) is 4.90 Å². The van der Waals surface area contributed by atoms with Gasteiger partial charge in [0, 0.05) is 31.8 Å². The maximum atomic E-state index is 13.0. The fourth-order valence-corrected chi connectivity index (χ4v) is 4.01. The summed E-state index contributed by atoms with van der Waals surface area (Å²) in [5, 5.41) is 9.77. The van der Waals surface area contributed by atoms with Crippen molar-refractivity contribution in [1.82, 2.24) is 4.90 Å². The predicted octanol–water partition coefficient (Wildman–Crippen LogP) is 2.46. The van der Waals surface area contributed by atoms with Crippen molar-refractivity contribution in [3.63, 3.8) is 0 Å². The fraction of sp³-hybridized carbons (Fsp3) is 0.526. The first kappa shape index (κ1) is 17.5. The Morgan fingerprint density at radius 2 is 1.84 bits per heavy atom. The average Bonchev–Trinajstić information content (AvgIpc) is 2.63. The van der Waals surface area contributed by atoms with E-state index in [2.05, 4.69) is 0 Å². The van der Waals surface area contributed by atoms with Gasteiger partial charge in [-0.1, -0.05) is 19.3 Å². The molecule has 1 N–H and O–H groups in total. The molecule has 0 radical (unpaired) electrons. The molecule has 2 aliphatic rings. The van der Waals surface area contributed by atoms with Gasteiger partial charge in [0.05, 0.1) is 0 Å². The molecule has 6 heteroatoms. The van der Waals surface area contributed by atoms with Gasteiger partial charge in [-0.3, -0.25) is 9.59 Å². The maximum Gasteiger partial charge on any atom is 0.329 e. The Morgan fingerprint density at radius 3 is 2.48 bits per heavy atom. The summed E-state index contributed by atoms with van der Waals surface area (Å²) in [7, 11) is 3.33. The van der Waals surface area contributed by atoms with Crippen molar-refractivity contribution in [3.8, 4) is 0 Å². The van der Waals surface area contributed by atoms with Gasteiger partial charge >= 0.3 is 5.97 Å². The fourth-order valence-electron chi connectivity index (χ4n) is 4.01. The number of carbonyl (C=O) groups excluding carboxylic acids is 2. The molecule has 0 bridgehead atoms. The van der Waals surface area contributed by atoms with E-state index in [-0.39, 0.29) is 11.8 Å². The van der Waals surface area contributed by atoms with Gasteiger partial charge < -0.3 is 14.9 Å². The first-order valence-corrected chi connectivity index (χ1v) is 8.78. The Hall–Kier alpha value is -2.37. The summed E-state index contributed by atoms with van der Waals surface area (Å²) in [4.78, 5) is 39.7. The number of benzene rings is 1. The van der Waals surface area contributed by atoms with Crippen LogP contribution in [0.2, 0.25) is 0 Å². The lowest BCUT2D eigenvalue weighted by Crippen LogP contribution is -2.56. The normalized spacial score (nSPS) is 19.3. The summed E-state index contributed by atoms with van der Waals surface area (Å²) < 4.78 is 0. The number of likely N-dealkylation sites (N-methyl/N-ethyl adjacent to an activating group) is 1. The largest absolute Gasteiger partial charge is 0.479 e. The monoisotopic (exact) mass is 344 g/mol. The van der Waals surface area contributed by atoms with Crippen LogP contribution in [-0.2, 0) is 16.0 Å². The van der Waals surface area contributed by atoms with Crippen LogP contribution in [0.15, 0.2) is 18.2 Å². The Labute approximate surface area is 147 Å². The quantitative estimate of drug-likeness (QED) is 0.914. The summed E-state index contributed by atoms with van der Waals surface area (Å²) in [5.41, 5.74) is 1.14. The minimum absolute atomic E-state index is 0.0655. The highest BCUT2D eigenvalue weighted by Crippen LogP contribution is 2.35. The van der Waals surface area contributed by atoms with Gasteiger partial charge in [-0.25, -0.2) is 4.79 Å². The molecule has 1 saturated carbocycles. The second-order valence-electron chi connectivity index (χ2n) is 7.06. The lowest BCUT2D eigenvalue weighted by molar-refractivity contribution is -0.151. The van der Waals surface area contributed by atoms with Crippen LogP contribution in [0.25, 0.3) is 0 Å². The summed E-state index contributed by atoms with van der Waals surface area (Å²) in [6.07, 6.45) is 4.67. The molecular formula is C19H24N2O4. The van der Waals surface area contributed by atoms with Crippen molar-refractivity contribution in [2.45, 2.75) is 50.5 Å². The van der Waals surface area contributed by atoms with Gasteiger partial charge in [0.2, 0.25) is 5.91 Å². The zero-order valence-corrected chi connectivity index (χ0v) is 14.7. The molecule has 0 atom stereocenters. The molecule has 1 aromatic carbocycles. The van der Waals surface area contributed by atoms with E-state index in [1.807, 2.05) is 0 Å². The number of amides is 2. The third kappa shape index (κ3) is 2.90. The number of anilines is 1. The SMILES string of the molecule is CN1C(=O)CCc2cc(C(=O)N(C)C3(C(=O)O)CCCCC3)ccc21. The Morgan fingerprint density at radius 1 is 1.16 bits per heavy atom. The van der Waals surface area contributed by atoms with Crippen LogP contribution in [0, 0.1) is 0 Å². The third-order valence-corrected chi connectivity index (χ3v) is 5.70. The van der Waals surface area contributed by atoms with Gasteiger partial charge in [0.25, 0.3) is 5.91 Å². The highest BCUT2D eigenvalue weighted by atomic mass is 16.4. The highest BCUT2D eigenvalue weighted by Gasteiger charge is 2.45. The molecule has 1 aromatic rings. The van der Waals surface area contributed by atoms with Gasteiger partial charge in [-0.15, -0.1) is 0 Å². The van der Waals surface area contributed by atoms with Gasteiger partial charge in [0.15, 0.2) is 0 Å². The molecule has 3 rings (SSSR count).